The van der Waals surface area contributed by atoms with E-state index in [0.29, 0.717) is 5.76 Å². The van der Waals surface area contributed by atoms with Gasteiger partial charge in [-0.2, -0.15) is 5.10 Å². The van der Waals surface area contributed by atoms with Gasteiger partial charge in [0, 0.05) is 35.3 Å². The second-order valence-corrected chi connectivity index (χ2v) is 8.10. The molecule has 6 nitrogen and oxygen atoms in total. The third kappa shape index (κ3) is 4.87. The number of carbonyl (C=O) groups is 1. The topological polar surface area (TPSA) is 64.0 Å². The maximum absolute atomic E-state index is 13.1. The van der Waals surface area contributed by atoms with Crippen LogP contribution in [0.5, 0.6) is 0 Å². The molecule has 0 N–H and O–H groups in total. The van der Waals surface area contributed by atoms with Crippen LogP contribution in [0.2, 0.25) is 0 Å². The molecule has 35 heavy (non-hydrogen) atoms. The molecular weight excluding hydrogens is 438 g/mol. The predicted octanol–water partition coefficient (Wildman–Crippen LogP) is 6.19. The lowest BCUT2D eigenvalue weighted by molar-refractivity contribution is -0.137. The van der Waals surface area contributed by atoms with Crippen molar-refractivity contribution in [2.45, 2.75) is 33.8 Å². The lowest BCUT2D eigenvalue weighted by Crippen LogP contribution is -2.29. The van der Waals surface area contributed by atoms with E-state index in [1.54, 1.807) is 17.4 Å². The van der Waals surface area contributed by atoms with E-state index in [0.717, 1.165) is 39.9 Å². The SMILES string of the molecule is C/C=N\N1C(=CCC)c2c(cncc2-c2ccc(C)cc2)C(OCc2ccccc2)=C1C(=O)OC. The van der Waals surface area contributed by atoms with Crippen molar-refractivity contribution >= 4 is 23.6 Å². The van der Waals surface area contributed by atoms with E-state index in [1.165, 1.54) is 12.7 Å². The molecule has 0 aliphatic carbocycles. The van der Waals surface area contributed by atoms with Gasteiger partial charge in [0.15, 0.2) is 11.5 Å². The number of allylic oxidation sites excluding steroid dienone is 1. The van der Waals surface area contributed by atoms with Crippen LogP contribution in [-0.2, 0) is 20.9 Å². The number of hydrogen-bond donors (Lipinski definition) is 0. The quantitative estimate of drug-likeness (QED) is 0.306. The number of nitrogens with zero attached hydrogens (tertiary/aromatic N) is 3. The zero-order valence-corrected chi connectivity index (χ0v) is 20.5. The fourth-order valence-corrected chi connectivity index (χ4v) is 4.08. The molecule has 6 heteroatoms. The summed E-state index contributed by atoms with van der Waals surface area (Å²) in [7, 11) is 1.36. The van der Waals surface area contributed by atoms with Crippen molar-refractivity contribution in [3.8, 4) is 11.1 Å². The molecule has 0 amide bonds. The van der Waals surface area contributed by atoms with Crippen molar-refractivity contribution < 1.29 is 14.3 Å². The van der Waals surface area contributed by atoms with Gasteiger partial charge in [0.25, 0.3) is 0 Å². The third-order valence-electron chi connectivity index (χ3n) is 5.70. The minimum Gasteiger partial charge on any atom is -0.486 e. The zero-order valence-electron chi connectivity index (χ0n) is 20.5. The van der Waals surface area contributed by atoms with Crippen LogP contribution in [0, 0.1) is 6.92 Å². The number of pyridine rings is 1. The summed E-state index contributed by atoms with van der Waals surface area (Å²) in [6.45, 7) is 6.20. The Kier molecular flexibility index (Phi) is 7.41. The highest BCUT2D eigenvalue weighted by molar-refractivity contribution is 6.03. The van der Waals surface area contributed by atoms with E-state index in [2.05, 4.69) is 54.3 Å². The molecule has 0 unspecified atom stereocenters. The van der Waals surface area contributed by atoms with Gasteiger partial charge in [-0.3, -0.25) is 4.98 Å². The minimum atomic E-state index is -0.535. The molecular formula is C29H29N3O3. The monoisotopic (exact) mass is 467 g/mol. The van der Waals surface area contributed by atoms with Crippen LogP contribution in [-0.4, -0.2) is 29.3 Å². The van der Waals surface area contributed by atoms with Crippen LogP contribution < -0.4 is 0 Å². The second kappa shape index (κ2) is 10.8. The first kappa shape index (κ1) is 24.0. The fourth-order valence-electron chi connectivity index (χ4n) is 4.08. The maximum atomic E-state index is 13.1. The fraction of sp³-hybridized carbons (Fsp3) is 0.207. The summed E-state index contributed by atoms with van der Waals surface area (Å²) in [5, 5.41) is 6.19. The van der Waals surface area contributed by atoms with E-state index in [-0.39, 0.29) is 12.3 Å². The number of fused-ring (bicyclic) bond motifs is 1. The van der Waals surface area contributed by atoms with E-state index in [9.17, 15) is 4.79 Å². The normalized spacial score (nSPS) is 14.4. The van der Waals surface area contributed by atoms with Gasteiger partial charge >= 0.3 is 5.97 Å². The number of aromatic nitrogens is 1. The molecule has 2 aromatic carbocycles. The highest BCUT2D eigenvalue weighted by Gasteiger charge is 2.37. The number of aryl methyl sites for hydroxylation is 1. The lowest BCUT2D eigenvalue weighted by Gasteiger charge is -2.33. The number of rotatable bonds is 7. The van der Waals surface area contributed by atoms with E-state index in [4.69, 9.17) is 9.47 Å². The molecule has 0 saturated heterocycles. The Morgan fingerprint density at radius 1 is 1.06 bits per heavy atom. The summed E-state index contributed by atoms with van der Waals surface area (Å²) in [6.07, 6.45) is 8.04. The van der Waals surface area contributed by atoms with Crippen LogP contribution >= 0.6 is 0 Å². The number of methoxy groups -OCH3 is 1. The largest absolute Gasteiger partial charge is 0.486 e. The molecule has 1 aromatic heterocycles. The van der Waals surface area contributed by atoms with Gasteiger partial charge in [0.1, 0.15) is 6.61 Å². The first-order valence-corrected chi connectivity index (χ1v) is 11.6. The number of hydrazone groups is 1. The zero-order chi connectivity index (χ0) is 24.8. The molecule has 0 saturated carbocycles. The van der Waals surface area contributed by atoms with Crippen molar-refractivity contribution in [2.24, 2.45) is 5.10 Å². The van der Waals surface area contributed by atoms with Crippen molar-refractivity contribution in [2.75, 3.05) is 7.11 Å². The van der Waals surface area contributed by atoms with Crippen LogP contribution in [0.15, 0.2) is 83.9 Å². The Bertz CT molecular complexity index is 1290. The Balaban J connectivity index is 1.99. The lowest BCUT2D eigenvalue weighted by atomic mass is 9.90. The van der Waals surface area contributed by atoms with Crippen LogP contribution in [0.25, 0.3) is 22.6 Å². The molecule has 0 spiro atoms. The molecule has 0 fully saturated rings. The Labute approximate surface area is 206 Å². The molecule has 1 aliphatic rings. The number of carbonyl (C=O) groups excluding carboxylic acids is 1. The van der Waals surface area contributed by atoms with Gasteiger partial charge < -0.3 is 9.47 Å². The Morgan fingerprint density at radius 2 is 1.77 bits per heavy atom. The summed E-state index contributed by atoms with van der Waals surface area (Å²) in [5.74, 6) is -0.150. The summed E-state index contributed by atoms with van der Waals surface area (Å²) < 4.78 is 11.5. The Morgan fingerprint density at radius 3 is 2.43 bits per heavy atom. The summed E-state index contributed by atoms with van der Waals surface area (Å²) >= 11 is 0. The standard InChI is InChI=1S/C29H29N3O3/c1-5-10-25-26-23(22-15-13-20(3)14-16-22)17-30-18-24(26)28(35-19-21-11-8-7-9-12-21)27(29(33)34-4)32(25)31-6-2/h6-18H,5,19H2,1-4H3/b25-10?,31-6-. The minimum absolute atomic E-state index is 0.219. The third-order valence-corrected chi connectivity index (χ3v) is 5.70. The van der Waals surface area contributed by atoms with Crippen LogP contribution in [0.1, 0.15) is 42.5 Å². The van der Waals surface area contributed by atoms with Crippen molar-refractivity contribution in [3.05, 3.63) is 101 Å². The van der Waals surface area contributed by atoms with E-state index < -0.39 is 5.97 Å². The molecule has 0 radical (unpaired) electrons. The molecule has 178 valence electrons. The van der Waals surface area contributed by atoms with Gasteiger partial charge in [-0.25, -0.2) is 9.80 Å². The van der Waals surface area contributed by atoms with Gasteiger partial charge in [0.05, 0.1) is 12.8 Å². The molecule has 0 bridgehead atoms. The van der Waals surface area contributed by atoms with Crippen LogP contribution in [0.4, 0.5) is 0 Å². The van der Waals surface area contributed by atoms with Crippen molar-refractivity contribution in [3.63, 3.8) is 0 Å². The van der Waals surface area contributed by atoms with Crippen molar-refractivity contribution in [1.82, 2.24) is 9.99 Å². The van der Waals surface area contributed by atoms with Gasteiger partial charge in [0.2, 0.25) is 0 Å². The predicted molar refractivity (Wildman–Crippen MR) is 139 cm³/mol. The first-order valence-electron chi connectivity index (χ1n) is 11.6. The smallest absolute Gasteiger partial charge is 0.360 e. The average Bonchev–Trinajstić information content (AvgIpc) is 2.89. The summed E-state index contributed by atoms with van der Waals surface area (Å²) in [4.78, 5) is 17.6. The van der Waals surface area contributed by atoms with Crippen LogP contribution in [0.3, 0.4) is 0 Å². The average molecular weight is 468 g/mol. The Hall–Kier alpha value is -4.19. The summed E-state index contributed by atoms with van der Waals surface area (Å²) in [5.41, 5.74) is 6.74. The molecule has 3 aromatic rings. The number of hydrogen-bond acceptors (Lipinski definition) is 6. The van der Waals surface area contributed by atoms with E-state index >= 15 is 0 Å². The molecule has 4 rings (SSSR count). The number of benzene rings is 2. The summed E-state index contributed by atoms with van der Waals surface area (Å²) in [6, 6.07) is 18.1. The molecule has 0 atom stereocenters. The van der Waals surface area contributed by atoms with Gasteiger partial charge in [-0.1, -0.05) is 73.2 Å². The molecule has 2 heterocycles. The number of esters is 1. The van der Waals surface area contributed by atoms with Crippen molar-refractivity contribution in [1.29, 1.82) is 0 Å². The highest BCUT2D eigenvalue weighted by Crippen LogP contribution is 2.44. The number of ether oxygens (including phenoxy) is 2. The van der Waals surface area contributed by atoms with Gasteiger partial charge in [-0.15, -0.1) is 0 Å². The van der Waals surface area contributed by atoms with E-state index in [1.807, 2.05) is 43.5 Å². The van der Waals surface area contributed by atoms with Gasteiger partial charge in [-0.05, 0) is 31.4 Å². The first-order chi connectivity index (χ1) is 17.1. The highest BCUT2D eigenvalue weighted by atomic mass is 16.5. The maximum Gasteiger partial charge on any atom is 0.360 e. The second-order valence-electron chi connectivity index (χ2n) is 8.10. The molecule has 1 aliphatic heterocycles.